The predicted molar refractivity (Wildman–Crippen MR) is 115 cm³/mol. The molecular weight excluding hydrogens is 380 g/mol. The van der Waals surface area contributed by atoms with E-state index in [1.165, 1.54) is 6.21 Å². The smallest absolute Gasteiger partial charge is 0.343 e. The minimum Gasteiger partial charge on any atom is -0.484 e. The molecule has 0 saturated heterocycles. The Balaban J connectivity index is 1.50. The summed E-state index contributed by atoms with van der Waals surface area (Å²) in [6.07, 6.45) is 1.47. The van der Waals surface area contributed by atoms with Crippen molar-refractivity contribution in [1.29, 1.82) is 0 Å². The number of carbonyl (C=O) groups is 2. The maximum absolute atomic E-state index is 12.1. The van der Waals surface area contributed by atoms with Crippen LogP contribution in [0.5, 0.6) is 11.5 Å². The highest BCUT2D eigenvalue weighted by Gasteiger charge is 2.08. The summed E-state index contributed by atoms with van der Waals surface area (Å²) in [4.78, 5) is 24.0. The summed E-state index contributed by atoms with van der Waals surface area (Å²) in [5, 5.41) is 3.92. The lowest BCUT2D eigenvalue weighted by Crippen LogP contribution is -2.24. The first-order chi connectivity index (χ1) is 14.5. The van der Waals surface area contributed by atoms with Crippen molar-refractivity contribution in [3.8, 4) is 11.5 Å². The second kappa shape index (κ2) is 10.0. The van der Waals surface area contributed by atoms with E-state index in [0.717, 1.165) is 11.1 Å². The van der Waals surface area contributed by atoms with Gasteiger partial charge in [-0.1, -0.05) is 36.4 Å². The SMILES string of the molecule is Cc1ccc(OCC(=O)N/N=C/c2cccc(OC(=O)c3ccccc3)c2)cc1C. The number of amides is 1. The van der Waals surface area contributed by atoms with Crippen LogP contribution in [0, 0.1) is 13.8 Å². The summed E-state index contributed by atoms with van der Waals surface area (Å²) in [5.74, 6) is 0.194. The van der Waals surface area contributed by atoms with E-state index in [9.17, 15) is 9.59 Å². The van der Waals surface area contributed by atoms with Crippen molar-refractivity contribution in [3.63, 3.8) is 0 Å². The van der Waals surface area contributed by atoms with Crippen molar-refractivity contribution in [2.45, 2.75) is 13.8 Å². The Hall–Kier alpha value is -3.93. The Morgan fingerprint density at radius 1 is 0.900 bits per heavy atom. The second-order valence-electron chi connectivity index (χ2n) is 6.66. The van der Waals surface area contributed by atoms with Crippen molar-refractivity contribution in [3.05, 3.63) is 95.1 Å². The van der Waals surface area contributed by atoms with Crippen LogP contribution in [0.25, 0.3) is 0 Å². The molecule has 6 nitrogen and oxygen atoms in total. The standard InChI is InChI=1S/C24H22N2O4/c1-17-11-12-21(13-18(17)2)29-16-23(27)26-25-15-19-7-6-10-22(14-19)30-24(28)20-8-4-3-5-9-20/h3-15H,16H2,1-2H3,(H,26,27)/b25-15+. The number of benzene rings is 3. The van der Waals surface area contributed by atoms with Gasteiger partial charge in [0.15, 0.2) is 6.61 Å². The van der Waals surface area contributed by atoms with Crippen LogP contribution in [0.2, 0.25) is 0 Å². The molecule has 0 unspecified atom stereocenters. The average molecular weight is 402 g/mol. The van der Waals surface area contributed by atoms with E-state index in [-0.39, 0.29) is 12.5 Å². The highest BCUT2D eigenvalue weighted by atomic mass is 16.5. The Bertz CT molecular complexity index is 1060. The van der Waals surface area contributed by atoms with Gasteiger partial charge in [-0.15, -0.1) is 0 Å². The lowest BCUT2D eigenvalue weighted by atomic mass is 10.1. The number of hydrogen-bond donors (Lipinski definition) is 1. The van der Waals surface area contributed by atoms with E-state index >= 15 is 0 Å². The molecule has 0 spiro atoms. The molecule has 0 atom stereocenters. The molecular formula is C24H22N2O4. The Morgan fingerprint density at radius 3 is 2.47 bits per heavy atom. The molecule has 0 heterocycles. The molecule has 0 saturated carbocycles. The summed E-state index contributed by atoms with van der Waals surface area (Å²) in [7, 11) is 0. The Morgan fingerprint density at radius 2 is 1.70 bits per heavy atom. The van der Waals surface area contributed by atoms with Crippen molar-refractivity contribution in [2.24, 2.45) is 5.10 Å². The molecule has 0 radical (unpaired) electrons. The predicted octanol–water partition coefficient (Wildman–Crippen LogP) is 4.05. The van der Waals surface area contributed by atoms with Gasteiger partial charge in [0.05, 0.1) is 11.8 Å². The van der Waals surface area contributed by atoms with Crippen LogP contribution in [0.4, 0.5) is 0 Å². The molecule has 30 heavy (non-hydrogen) atoms. The first-order valence-electron chi connectivity index (χ1n) is 9.40. The van der Waals surface area contributed by atoms with Crippen LogP contribution in [-0.2, 0) is 4.79 Å². The van der Waals surface area contributed by atoms with Gasteiger partial charge in [-0.2, -0.15) is 5.10 Å². The molecule has 0 aliphatic rings. The molecule has 0 aliphatic carbocycles. The molecule has 0 aromatic heterocycles. The van der Waals surface area contributed by atoms with Gasteiger partial charge in [-0.25, -0.2) is 10.2 Å². The van der Waals surface area contributed by atoms with E-state index in [4.69, 9.17) is 9.47 Å². The topological polar surface area (TPSA) is 77.0 Å². The van der Waals surface area contributed by atoms with E-state index in [0.29, 0.717) is 22.6 Å². The zero-order valence-electron chi connectivity index (χ0n) is 16.8. The largest absolute Gasteiger partial charge is 0.484 e. The fourth-order valence-corrected chi connectivity index (χ4v) is 2.56. The fraction of sp³-hybridized carbons (Fsp3) is 0.125. The van der Waals surface area contributed by atoms with Crippen LogP contribution in [-0.4, -0.2) is 24.7 Å². The Kier molecular flexibility index (Phi) is 6.95. The number of ether oxygens (including phenoxy) is 2. The van der Waals surface area contributed by atoms with E-state index in [1.807, 2.05) is 38.1 Å². The molecule has 0 bridgehead atoms. The van der Waals surface area contributed by atoms with Crippen molar-refractivity contribution in [2.75, 3.05) is 6.61 Å². The maximum atomic E-state index is 12.1. The van der Waals surface area contributed by atoms with Gasteiger partial charge in [0.2, 0.25) is 0 Å². The molecule has 0 fully saturated rings. The summed E-state index contributed by atoms with van der Waals surface area (Å²) < 4.78 is 10.8. The number of nitrogens with zero attached hydrogens (tertiary/aromatic N) is 1. The molecule has 3 aromatic rings. The summed E-state index contributed by atoms with van der Waals surface area (Å²) in [6, 6.07) is 21.2. The number of carbonyl (C=O) groups excluding carboxylic acids is 2. The maximum Gasteiger partial charge on any atom is 0.343 e. The Labute approximate surface area is 175 Å². The first kappa shape index (κ1) is 20.8. The van der Waals surface area contributed by atoms with Gasteiger partial charge in [-0.3, -0.25) is 4.79 Å². The number of hydrazone groups is 1. The molecule has 3 rings (SSSR count). The normalized spacial score (nSPS) is 10.6. The molecule has 3 aromatic carbocycles. The molecule has 1 amide bonds. The van der Waals surface area contributed by atoms with Crippen LogP contribution >= 0.6 is 0 Å². The summed E-state index contributed by atoms with van der Waals surface area (Å²) in [6.45, 7) is 3.85. The lowest BCUT2D eigenvalue weighted by molar-refractivity contribution is -0.123. The second-order valence-corrected chi connectivity index (χ2v) is 6.66. The number of hydrogen-bond acceptors (Lipinski definition) is 5. The third-order valence-electron chi connectivity index (χ3n) is 4.33. The quantitative estimate of drug-likeness (QED) is 0.280. The van der Waals surface area contributed by atoms with E-state index in [2.05, 4.69) is 10.5 Å². The highest BCUT2D eigenvalue weighted by Crippen LogP contribution is 2.16. The van der Waals surface area contributed by atoms with Gasteiger partial charge in [0.25, 0.3) is 5.91 Å². The third-order valence-corrected chi connectivity index (χ3v) is 4.33. The van der Waals surface area contributed by atoms with Gasteiger partial charge in [0, 0.05) is 0 Å². The van der Waals surface area contributed by atoms with Crippen LogP contribution in [0.3, 0.4) is 0 Å². The van der Waals surface area contributed by atoms with E-state index < -0.39 is 5.97 Å². The zero-order chi connectivity index (χ0) is 21.3. The molecule has 152 valence electrons. The third kappa shape index (κ3) is 6.04. The van der Waals surface area contributed by atoms with Crippen LogP contribution in [0.1, 0.15) is 27.0 Å². The van der Waals surface area contributed by atoms with Gasteiger partial charge < -0.3 is 9.47 Å². The highest BCUT2D eigenvalue weighted by molar-refractivity contribution is 5.91. The minimum absolute atomic E-state index is 0.144. The van der Waals surface area contributed by atoms with Crippen LogP contribution < -0.4 is 14.9 Å². The minimum atomic E-state index is -0.443. The van der Waals surface area contributed by atoms with Crippen molar-refractivity contribution < 1.29 is 19.1 Å². The fourth-order valence-electron chi connectivity index (χ4n) is 2.56. The van der Waals surface area contributed by atoms with Crippen LogP contribution in [0.15, 0.2) is 77.9 Å². The summed E-state index contributed by atoms with van der Waals surface area (Å²) in [5.41, 5.74) is 5.80. The van der Waals surface area contributed by atoms with Gasteiger partial charge >= 0.3 is 5.97 Å². The first-order valence-corrected chi connectivity index (χ1v) is 9.40. The number of rotatable bonds is 7. The van der Waals surface area contributed by atoms with E-state index in [1.54, 1.807) is 48.5 Å². The monoisotopic (exact) mass is 402 g/mol. The molecule has 0 aliphatic heterocycles. The molecule has 6 heteroatoms. The number of esters is 1. The van der Waals surface area contributed by atoms with Gasteiger partial charge in [-0.05, 0) is 66.9 Å². The lowest BCUT2D eigenvalue weighted by Gasteiger charge is -2.07. The van der Waals surface area contributed by atoms with Crippen molar-refractivity contribution in [1.82, 2.24) is 5.43 Å². The van der Waals surface area contributed by atoms with Crippen molar-refractivity contribution >= 4 is 18.1 Å². The van der Waals surface area contributed by atoms with Gasteiger partial charge in [0.1, 0.15) is 11.5 Å². The summed E-state index contributed by atoms with van der Waals surface area (Å²) >= 11 is 0. The number of aryl methyl sites for hydroxylation is 2. The molecule has 1 N–H and O–H groups in total. The average Bonchev–Trinajstić information content (AvgIpc) is 2.75. The number of nitrogens with one attached hydrogen (secondary N) is 1. The zero-order valence-corrected chi connectivity index (χ0v) is 16.8.